The summed E-state index contributed by atoms with van der Waals surface area (Å²) in [5.41, 5.74) is 6.70. The number of ketones is 1. The number of aromatic nitrogens is 1. The second-order valence-corrected chi connectivity index (χ2v) is 6.32. The van der Waals surface area contributed by atoms with E-state index in [0.717, 1.165) is 16.6 Å². The van der Waals surface area contributed by atoms with E-state index in [9.17, 15) is 4.79 Å². The van der Waals surface area contributed by atoms with Crippen LogP contribution < -0.4 is 10.7 Å². The van der Waals surface area contributed by atoms with Crippen LogP contribution in [0.1, 0.15) is 27.2 Å². The van der Waals surface area contributed by atoms with Crippen LogP contribution in [0.5, 0.6) is 0 Å². The minimum Gasteiger partial charge on any atom is -0.358 e. The second-order valence-electron chi connectivity index (χ2n) is 5.91. The molecule has 0 radical (unpaired) electrons. The molecule has 0 bridgehead atoms. The zero-order valence-corrected chi connectivity index (χ0v) is 15.8. The molecule has 0 amide bonds. The normalized spacial score (nSPS) is 10.9. The largest absolute Gasteiger partial charge is 0.358 e. The molecule has 3 aromatic rings. The third-order valence-corrected chi connectivity index (χ3v) is 4.39. The molecule has 0 aliphatic rings. The highest BCUT2D eigenvalue weighted by atomic mass is 32.1. The zero-order valence-electron chi connectivity index (χ0n) is 15.0. The van der Waals surface area contributed by atoms with Crippen LogP contribution in [0, 0.1) is 6.92 Å². The van der Waals surface area contributed by atoms with Crippen LogP contribution in [0.2, 0.25) is 0 Å². The summed E-state index contributed by atoms with van der Waals surface area (Å²) in [5, 5.41) is 7.57. The van der Waals surface area contributed by atoms with Gasteiger partial charge in [0.25, 0.3) is 0 Å². The molecule has 0 aliphatic carbocycles. The summed E-state index contributed by atoms with van der Waals surface area (Å²) < 4.78 is 1.90. The molecule has 0 atom stereocenters. The van der Waals surface area contributed by atoms with Crippen molar-refractivity contribution in [2.24, 2.45) is 5.10 Å². The first kappa shape index (κ1) is 18.5. The Morgan fingerprint density at radius 3 is 2.70 bits per heavy atom. The van der Waals surface area contributed by atoms with Gasteiger partial charge in [0, 0.05) is 23.9 Å². The molecule has 0 fully saturated rings. The van der Waals surface area contributed by atoms with Gasteiger partial charge < -0.3 is 9.72 Å². The fraction of sp³-hybridized carbons (Fsp3) is 0.0952. The summed E-state index contributed by atoms with van der Waals surface area (Å²) in [5.74, 6) is -0.0231. The number of hydrogen-bond donors (Lipinski definition) is 2. The molecule has 6 heteroatoms. The lowest BCUT2D eigenvalue weighted by molar-refractivity contribution is 0.103. The first-order valence-electron chi connectivity index (χ1n) is 8.50. The van der Waals surface area contributed by atoms with E-state index in [0.29, 0.717) is 22.9 Å². The van der Waals surface area contributed by atoms with E-state index in [2.05, 4.69) is 22.4 Å². The molecule has 0 aliphatic heterocycles. The lowest BCUT2D eigenvalue weighted by Crippen LogP contribution is -2.31. The van der Waals surface area contributed by atoms with E-state index >= 15 is 0 Å². The van der Waals surface area contributed by atoms with Crippen LogP contribution in [0.4, 0.5) is 0 Å². The number of hydrazone groups is 1. The highest BCUT2D eigenvalue weighted by molar-refractivity contribution is 7.80. The number of thiocarbonyl (C=S) groups is 1. The molecule has 3 rings (SSSR count). The van der Waals surface area contributed by atoms with Gasteiger partial charge in [-0.25, -0.2) is 0 Å². The van der Waals surface area contributed by atoms with Gasteiger partial charge in [-0.05, 0) is 36.8 Å². The number of carbonyl (C=O) groups is 1. The fourth-order valence-corrected chi connectivity index (χ4v) is 3.02. The molecular formula is C21H20N4OS. The summed E-state index contributed by atoms with van der Waals surface area (Å²) >= 11 is 5.13. The molecule has 0 unspecified atom stereocenters. The summed E-state index contributed by atoms with van der Waals surface area (Å²) in [6.07, 6.45) is 5.29. The van der Waals surface area contributed by atoms with E-state index in [1.807, 2.05) is 66.1 Å². The van der Waals surface area contributed by atoms with Gasteiger partial charge in [-0.1, -0.05) is 42.5 Å². The monoisotopic (exact) mass is 376 g/mol. The van der Waals surface area contributed by atoms with Gasteiger partial charge in [0.2, 0.25) is 5.78 Å². The smallest absolute Gasteiger partial charge is 0.210 e. The fourth-order valence-electron chi connectivity index (χ4n) is 2.89. The minimum atomic E-state index is -0.0231. The number of hydrogen-bond acceptors (Lipinski definition) is 3. The lowest BCUT2D eigenvalue weighted by Gasteiger charge is -2.03. The van der Waals surface area contributed by atoms with Gasteiger partial charge >= 0.3 is 0 Å². The number of nitrogens with zero attached hydrogens (tertiary/aromatic N) is 2. The molecule has 1 aromatic carbocycles. The number of pyridine rings is 1. The first-order valence-corrected chi connectivity index (χ1v) is 8.91. The SMILES string of the molecule is C=CCNC(=S)N/N=C\c1c(C)c(C(=O)c2ccccc2)n2ccccc12. The zero-order chi connectivity index (χ0) is 19.2. The van der Waals surface area contributed by atoms with Crippen molar-refractivity contribution in [2.75, 3.05) is 6.54 Å². The highest BCUT2D eigenvalue weighted by Crippen LogP contribution is 2.24. The Hall–Kier alpha value is -3.25. The van der Waals surface area contributed by atoms with Crippen molar-refractivity contribution in [2.45, 2.75) is 6.92 Å². The molecule has 27 heavy (non-hydrogen) atoms. The van der Waals surface area contributed by atoms with Crippen LogP contribution in [-0.2, 0) is 0 Å². The van der Waals surface area contributed by atoms with Gasteiger partial charge in [-0.15, -0.1) is 6.58 Å². The summed E-state index contributed by atoms with van der Waals surface area (Å²) in [6.45, 7) is 6.12. The molecule has 0 saturated carbocycles. The Kier molecular flexibility index (Phi) is 5.78. The Morgan fingerprint density at radius 2 is 1.96 bits per heavy atom. The van der Waals surface area contributed by atoms with Crippen LogP contribution in [0.15, 0.2) is 72.5 Å². The van der Waals surface area contributed by atoms with E-state index in [1.165, 1.54) is 0 Å². The number of carbonyl (C=O) groups excluding carboxylic acids is 1. The van der Waals surface area contributed by atoms with E-state index in [1.54, 1.807) is 12.3 Å². The van der Waals surface area contributed by atoms with Crippen LogP contribution >= 0.6 is 12.2 Å². The van der Waals surface area contributed by atoms with Crippen molar-refractivity contribution in [1.29, 1.82) is 0 Å². The average Bonchev–Trinajstić information content (AvgIpc) is 2.98. The first-order chi connectivity index (χ1) is 13.1. The molecule has 2 aromatic heterocycles. The molecular weight excluding hydrogens is 356 g/mol. The van der Waals surface area contributed by atoms with E-state index in [4.69, 9.17) is 12.2 Å². The number of rotatable bonds is 6. The molecule has 0 saturated heterocycles. The van der Waals surface area contributed by atoms with Crippen molar-refractivity contribution in [3.8, 4) is 0 Å². The Balaban J connectivity index is 1.98. The molecule has 2 heterocycles. The maximum absolute atomic E-state index is 13.1. The Labute approximate surface area is 163 Å². The Bertz CT molecular complexity index is 1020. The van der Waals surface area contributed by atoms with Crippen LogP contribution in [0.3, 0.4) is 0 Å². The Morgan fingerprint density at radius 1 is 1.22 bits per heavy atom. The maximum Gasteiger partial charge on any atom is 0.210 e. The van der Waals surface area contributed by atoms with Gasteiger partial charge in [0.1, 0.15) is 0 Å². The number of fused-ring (bicyclic) bond motifs is 1. The molecule has 0 spiro atoms. The minimum absolute atomic E-state index is 0.0231. The molecule has 136 valence electrons. The van der Waals surface area contributed by atoms with E-state index in [-0.39, 0.29) is 5.78 Å². The van der Waals surface area contributed by atoms with Crippen LogP contribution in [-0.4, -0.2) is 28.1 Å². The van der Waals surface area contributed by atoms with Gasteiger partial charge in [0.15, 0.2) is 5.11 Å². The third kappa shape index (κ3) is 3.96. The van der Waals surface area contributed by atoms with Gasteiger partial charge in [-0.2, -0.15) is 5.10 Å². The average molecular weight is 376 g/mol. The summed E-state index contributed by atoms with van der Waals surface area (Å²) in [4.78, 5) is 13.1. The van der Waals surface area contributed by atoms with Crippen molar-refractivity contribution in [1.82, 2.24) is 15.1 Å². The predicted molar refractivity (Wildman–Crippen MR) is 114 cm³/mol. The summed E-state index contributed by atoms with van der Waals surface area (Å²) in [7, 11) is 0. The van der Waals surface area contributed by atoms with Crippen molar-refractivity contribution >= 4 is 34.8 Å². The lowest BCUT2D eigenvalue weighted by atomic mass is 10.0. The van der Waals surface area contributed by atoms with E-state index < -0.39 is 0 Å². The number of benzene rings is 1. The van der Waals surface area contributed by atoms with Crippen molar-refractivity contribution in [3.63, 3.8) is 0 Å². The van der Waals surface area contributed by atoms with Gasteiger partial charge in [-0.3, -0.25) is 10.2 Å². The van der Waals surface area contributed by atoms with Crippen molar-refractivity contribution < 1.29 is 4.79 Å². The summed E-state index contributed by atoms with van der Waals surface area (Å²) in [6, 6.07) is 15.1. The topological polar surface area (TPSA) is 57.9 Å². The number of nitrogens with one attached hydrogen (secondary N) is 2. The molecule has 5 nitrogen and oxygen atoms in total. The molecule has 2 N–H and O–H groups in total. The third-order valence-electron chi connectivity index (χ3n) is 4.15. The second kappa shape index (κ2) is 8.42. The van der Waals surface area contributed by atoms with Crippen molar-refractivity contribution in [3.05, 3.63) is 89.8 Å². The van der Waals surface area contributed by atoms with Gasteiger partial charge in [0.05, 0.1) is 17.4 Å². The predicted octanol–water partition coefficient (Wildman–Crippen LogP) is 3.46. The quantitative estimate of drug-likeness (QED) is 0.227. The highest BCUT2D eigenvalue weighted by Gasteiger charge is 2.20. The standard InChI is InChI=1S/C21H20N4OS/c1-3-12-22-21(27)24-23-14-17-15(2)19(25-13-8-7-11-18(17)25)20(26)16-9-5-4-6-10-16/h3-11,13-14H,1,12H2,2H3,(H2,22,24,27)/b23-14-. The van der Waals surface area contributed by atoms with Crippen LogP contribution in [0.25, 0.3) is 5.52 Å². The maximum atomic E-state index is 13.1.